The van der Waals surface area contributed by atoms with Crippen LogP contribution in [0, 0.1) is 0 Å². The summed E-state index contributed by atoms with van der Waals surface area (Å²) in [5.74, 6) is 0.0605. The van der Waals surface area contributed by atoms with E-state index in [0.29, 0.717) is 0 Å². The highest BCUT2D eigenvalue weighted by molar-refractivity contribution is 14.0. The fourth-order valence-corrected chi connectivity index (χ4v) is 1.20. The smallest absolute Gasteiger partial charge is 0.416 e. The zero-order chi connectivity index (χ0) is 14.5. The number of hydrogen-bond acceptors (Lipinski definition) is 3. The van der Waals surface area contributed by atoms with Crippen LogP contribution in [-0.4, -0.2) is 30.3 Å². The minimum absolute atomic E-state index is 0. The van der Waals surface area contributed by atoms with E-state index in [1.54, 1.807) is 0 Å². The van der Waals surface area contributed by atoms with Crippen LogP contribution in [0.25, 0.3) is 0 Å². The van der Waals surface area contributed by atoms with E-state index in [1.165, 1.54) is 12.1 Å². The maximum Gasteiger partial charge on any atom is 0.416 e. The van der Waals surface area contributed by atoms with Crippen LogP contribution in [0.5, 0.6) is 5.75 Å². The third-order valence-electron chi connectivity index (χ3n) is 2.11. The largest absolute Gasteiger partial charge is 0.491 e. The maximum atomic E-state index is 12.3. The quantitative estimate of drug-likeness (QED) is 0.392. The van der Waals surface area contributed by atoms with Crippen LogP contribution in [0.1, 0.15) is 5.56 Å². The van der Waals surface area contributed by atoms with Crippen LogP contribution in [-0.2, 0) is 6.18 Å². The molecule has 1 aromatic rings. The van der Waals surface area contributed by atoms with Gasteiger partial charge < -0.3 is 21.3 Å². The molecule has 9 heteroatoms. The second-order valence-electron chi connectivity index (χ2n) is 3.75. The number of nitrogens with two attached hydrogens (primary N) is 2. The van der Waals surface area contributed by atoms with Crippen LogP contribution in [0.4, 0.5) is 13.2 Å². The SMILES string of the molecule is I.NC(N)=NCC(O)COc1ccc(C(F)(F)F)cc1. The van der Waals surface area contributed by atoms with Gasteiger partial charge in [-0.3, -0.25) is 4.99 Å². The number of aliphatic hydroxyl groups is 1. The summed E-state index contributed by atoms with van der Waals surface area (Å²) in [5, 5.41) is 9.42. The molecule has 0 spiro atoms. The predicted molar refractivity (Wildman–Crippen MR) is 79.0 cm³/mol. The average molecular weight is 405 g/mol. The van der Waals surface area contributed by atoms with Gasteiger partial charge in [-0.15, -0.1) is 24.0 Å². The van der Waals surface area contributed by atoms with E-state index in [4.69, 9.17) is 16.2 Å². The number of benzene rings is 1. The Kier molecular flexibility index (Phi) is 7.64. The fourth-order valence-electron chi connectivity index (χ4n) is 1.20. The van der Waals surface area contributed by atoms with Crippen molar-refractivity contribution in [3.8, 4) is 5.75 Å². The molecule has 0 aliphatic heterocycles. The van der Waals surface area contributed by atoms with Crippen molar-refractivity contribution in [2.75, 3.05) is 13.2 Å². The van der Waals surface area contributed by atoms with Crippen molar-refractivity contribution in [2.45, 2.75) is 12.3 Å². The first-order chi connectivity index (χ1) is 8.79. The summed E-state index contributed by atoms with van der Waals surface area (Å²) >= 11 is 0. The van der Waals surface area contributed by atoms with Gasteiger partial charge in [-0.2, -0.15) is 13.2 Å². The van der Waals surface area contributed by atoms with Crippen molar-refractivity contribution < 1.29 is 23.0 Å². The van der Waals surface area contributed by atoms with Gasteiger partial charge >= 0.3 is 6.18 Å². The minimum atomic E-state index is -4.38. The Morgan fingerprint density at radius 1 is 1.25 bits per heavy atom. The molecule has 1 atom stereocenters. The van der Waals surface area contributed by atoms with E-state index in [-0.39, 0.29) is 48.8 Å². The van der Waals surface area contributed by atoms with E-state index in [2.05, 4.69) is 4.99 Å². The molecule has 20 heavy (non-hydrogen) atoms. The van der Waals surface area contributed by atoms with Crippen molar-refractivity contribution >= 4 is 29.9 Å². The standard InChI is InChI=1S/C11H14F3N3O2.HI/c12-11(13,14)7-1-3-9(4-2-7)19-6-8(18)5-17-10(15)16;/h1-4,8,18H,5-6H2,(H4,15,16,17);1H. The lowest BCUT2D eigenvalue weighted by molar-refractivity contribution is -0.137. The number of hydrogen-bond donors (Lipinski definition) is 3. The first-order valence-corrected chi connectivity index (χ1v) is 5.32. The molecular weight excluding hydrogens is 390 g/mol. The summed E-state index contributed by atoms with van der Waals surface area (Å²) in [4.78, 5) is 3.58. The predicted octanol–water partition coefficient (Wildman–Crippen LogP) is 1.34. The van der Waals surface area contributed by atoms with Gasteiger partial charge in [-0.05, 0) is 24.3 Å². The van der Waals surface area contributed by atoms with E-state index in [1.807, 2.05) is 0 Å². The summed E-state index contributed by atoms with van der Waals surface area (Å²) < 4.78 is 42.0. The molecule has 1 rings (SSSR count). The van der Waals surface area contributed by atoms with Crippen molar-refractivity contribution in [3.63, 3.8) is 0 Å². The molecular formula is C11H15F3IN3O2. The average Bonchev–Trinajstić information content (AvgIpc) is 2.33. The lowest BCUT2D eigenvalue weighted by Crippen LogP contribution is -2.27. The topological polar surface area (TPSA) is 93.9 Å². The van der Waals surface area contributed by atoms with Crippen molar-refractivity contribution in [1.29, 1.82) is 0 Å². The van der Waals surface area contributed by atoms with Gasteiger partial charge in [-0.25, -0.2) is 0 Å². The third-order valence-corrected chi connectivity index (χ3v) is 2.11. The second-order valence-corrected chi connectivity index (χ2v) is 3.75. The molecule has 1 aromatic carbocycles. The van der Waals surface area contributed by atoms with Gasteiger partial charge in [0.2, 0.25) is 0 Å². The Bertz CT molecular complexity index is 434. The van der Waals surface area contributed by atoms with E-state index < -0.39 is 17.8 Å². The number of alkyl halides is 3. The summed E-state index contributed by atoms with van der Waals surface area (Å²) in [6.07, 6.45) is -5.32. The lowest BCUT2D eigenvalue weighted by Gasteiger charge is -2.11. The third kappa shape index (κ3) is 6.80. The number of aliphatic imine (C=N–C) groups is 1. The van der Waals surface area contributed by atoms with E-state index in [0.717, 1.165) is 12.1 Å². The number of halogens is 4. The van der Waals surface area contributed by atoms with Crippen LogP contribution >= 0.6 is 24.0 Å². The number of rotatable bonds is 5. The van der Waals surface area contributed by atoms with Crippen LogP contribution in [0.15, 0.2) is 29.3 Å². The Labute approximate surface area is 130 Å². The lowest BCUT2D eigenvalue weighted by atomic mass is 10.2. The molecule has 0 amide bonds. The molecule has 0 radical (unpaired) electrons. The van der Waals surface area contributed by atoms with Crippen molar-refractivity contribution in [1.82, 2.24) is 0 Å². The molecule has 5 N–H and O–H groups in total. The Hall–Kier alpha value is -1.23. The van der Waals surface area contributed by atoms with Gasteiger partial charge in [0.1, 0.15) is 18.5 Å². The number of aliphatic hydroxyl groups excluding tert-OH is 1. The molecule has 0 fully saturated rings. The zero-order valence-electron chi connectivity index (χ0n) is 10.3. The first-order valence-electron chi connectivity index (χ1n) is 5.32. The Morgan fingerprint density at radius 2 is 1.80 bits per heavy atom. The van der Waals surface area contributed by atoms with Crippen LogP contribution in [0.3, 0.4) is 0 Å². The van der Waals surface area contributed by atoms with E-state index in [9.17, 15) is 18.3 Å². The van der Waals surface area contributed by atoms with Gasteiger partial charge in [-0.1, -0.05) is 0 Å². The molecule has 0 aromatic heterocycles. The first kappa shape index (κ1) is 18.8. The van der Waals surface area contributed by atoms with Crippen molar-refractivity contribution in [2.24, 2.45) is 16.5 Å². The highest BCUT2D eigenvalue weighted by Gasteiger charge is 2.30. The van der Waals surface area contributed by atoms with Crippen LogP contribution < -0.4 is 16.2 Å². The highest BCUT2D eigenvalue weighted by Crippen LogP contribution is 2.30. The molecule has 1 unspecified atom stereocenters. The normalized spacial score (nSPS) is 12.2. The molecule has 114 valence electrons. The molecule has 0 saturated carbocycles. The van der Waals surface area contributed by atoms with E-state index >= 15 is 0 Å². The van der Waals surface area contributed by atoms with Gasteiger partial charge in [0, 0.05) is 0 Å². The Balaban J connectivity index is 0.00000361. The van der Waals surface area contributed by atoms with Gasteiger partial charge in [0.05, 0.1) is 12.1 Å². The zero-order valence-corrected chi connectivity index (χ0v) is 12.6. The fraction of sp³-hybridized carbons (Fsp3) is 0.364. The van der Waals surface area contributed by atoms with Gasteiger partial charge in [0.15, 0.2) is 5.96 Å². The highest BCUT2D eigenvalue weighted by atomic mass is 127. The molecule has 0 bridgehead atoms. The molecule has 0 saturated heterocycles. The Morgan fingerprint density at radius 3 is 2.25 bits per heavy atom. The minimum Gasteiger partial charge on any atom is -0.491 e. The van der Waals surface area contributed by atoms with Crippen LogP contribution in [0.2, 0.25) is 0 Å². The summed E-state index contributed by atoms with van der Waals surface area (Å²) in [5.41, 5.74) is 9.39. The molecule has 0 aliphatic rings. The summed E-state index contributed by atoms with van der Waals surface area (Å²) in [6, 6.07) is 4.15. The number of guanidine groups is 1. The molecule has 0 aliphatic carbocycles. The van der Waals surface area contributed by atoms with Crippen molar-refractivity contribution in [3.05, 3.63) is 29.8 Å². The molecule has 0 heterocycles. The second kappa shape index (κ2) is 8.15. The summed E-state index contributed by atoms with van der Waals surface area (Å²) in [6.45, 7) is -0.162. The maximum absolute atomic E-state index is 12.3. The number of ether oxygens (including phenoxy) is 1. The monoisotopic (exact) mass is 405 g/mol. The van der Waals surface area contributed by atoms with Gasteiger partial charge in [0.25, 0.3) is 0 Å². The number of nitrogens with zero attached hydrogens (tertiary/aromatic N) is 1. The molecule has 5 nitrogen and oxygen atoms in total. The summed E-state index contributed by atoms with van der Waals surface area (Å²) in [7, 11) is 0.